The predicted molar refractivity (Wildman–Crippen MR) is 219 cm³/mol. The van der Waals surface area contributed by atoms with E-state index in [0.29, 0.717) is 25.2 Å². The van der Waals surface area contributed by atoms with E-state index < -0.39 is 90.6 Å². The average Bonchev–Trinajstić information content (AvgIpc) is 3.66. The molecule has 0 bridgehead atoms. The van der Waals surface area contributed by atoms with Crippen molar-refractivity contribution < 1.29 is 43.5 Å². The van der Waals surface area contributed by atoms with Crippen LogP contribution in [0.5, 0.6) is 0 Å². The second-order valence-corrected chi connectivity index (χ2v) is 16.6. The third kappa shape index (κ3) is 18.2. The second-order valence-electron chi connectivity index (χ2n) is 16.6. The fraction of sp³-hybridized carbons (Fsp3) is 0.769. The van der Waals surface area contributed by atoms with E-state index in [2.05, 4.69) is 31.6 Å². The highest BCUT2D eigenvalue weighted by Crippen LogP contribution is 2.27. The Morgan fingerprint density at radius 2 is 1.25 bits per heavy atom. The summed E-state index contributed by atoms with van der Waals surface area (Å²) in [6.07, 6.45) is 7.50. The Morgan fingerprint density at radius 1 is 0.695 bits per heavy atom. The van der Waals surface area contributed by atoms with Gasteiger partial charge in [-0.2, -0.15) is 0 Å². The van der Waals surface area contributed by atoms with Gasteiger partial charge in [0.15, 0.2) is 5.96 Å². The number of hydrogen-bond donors (Lipinski definition) is 10. The molecular formula is C39H69N11O9. The van der Waals surface area contributed by atoms with E-state index in [9.17, 15) is 43.5 Å². The second kappa shape index (κ2) is 25.5. The van der Waals surface area contributed by atoms with Crippen molar-refractivity contribution in [3.8, 4) is 0 Å². The van der Waals surface area contributed by atoms with Crippen molar-refractivity contribution in [3.05, 3.63) is 0 Å². The summed E-state index contributed by atoms with van der Waals surface area (Å²) in [6.45, 7) is 6.92. The van der Waals surface area contributed by atoms with Crippen molar-refractivity contribution in [3.63, 3.8) is 0 Å². The molecule has 1 saturated carbocycles. The van der Waals surface area contributed by atoms with Gasteiger partial charge in [0.2, 0.25) is 47.3 Å². The highest BCUT2D eigenvalue weighted by Gasteiger charge is 2.40. The van der Waals surface area contributed by atoms with Gasteiger partial charge in [0.05, 0.1) is 13.0 Å². The number of primary amides is 2. The number of amides is 8. The van der Waals surface area contributed by atoms with E-state index in [1.807, 2.05) is 27.7 Å². The molecule has 0 aromatic carbocycles. The fourth-order valence-corrected chi connectivity index (χ4v) is 7.45. The molecule has 0 spiro atoms. The highest BCUT2D eigenvalue weighted by atomic mass is 16.3. The van der Waals surface area contributed by atoms with Crippen LogP contribution in [0.15, 0.2) is 4.99 Å². The van der Waals surface area contributed by atoms with Crippen molar-refractivity contribution in [2.24, 2.45) is 45.7 Å². The summed E-state index contributed by atoms with van der Waals surface area (Å²) in [7, 11) is 0. The molecule has 334 valence electrons. The maximum absolute atomic E-state index is 13.9. The molecule has 2 rings (SSSR count). The van der Waals surface area contributed by atoms with Crippen LogP contribution in [0.25, 0.3) is 0 Å². The smallest absolute Gasteiger partial charge is 0.248 e. The first-order valence-corrected chi connectivity index (χ1v) is 20.9. The lowest BCUT2D eigenvalue weighted by Crippen LogP contribution is -2.60. The lowest BCUT2D eigenvalue weighted by Gasteiger charge is -2.30. The Kier molecular flexibility index (Phi) is 21.6. The molecule has 6 atom stereocenters. The van der Waals surface area contributed by atoms with Crippen LogP contribution in [0.4, 0.5) is 0 Å². The summed E-state index contributed by atoms with van der Waals surface area (Å²) in [5.74, 6) is -5.49. The number of rotatable bonds is 25. The van der Waals surface area contributed by atoms with Crippen LogP contribution in [0.3, 0.4) is 0 Å². The molecule has 0 aromatic heterocycles. The molecule has 0 aromatic rings. The van der Waals surface area contributed by atoms with Gasteiger partial charge in [-0.25, -0.2) is 0 Å². The molecule has 0 unspecified atom stereocenters. The Balaban J connectivity index is 2.18. The zero-order valence-electron chi connectivity index (χ0n) is 35.1. The van der Waals surface area contributed by atoms with Gasteiger partial charge in [-0.15, -0.1) is 0 Å². The first kappa shape index (κ1) is 50.1. The van der Waals surface area contributed by atoms with Crippen molar-refractivity contribution in [2.45, 2.75) is 154 Å². The van der Waals surface area contributed by atoms with Gasteiger partial charge >= 0.3 is 0 Å². The third-order valence-corrected chi connectivity index (χ3v) is 10.5. The van der Waals surface area contributed by atoms with Crippen molar-refractivity contribution in [1.82, 2.24) is 31.5 Å². The maximum Gasteiger partial charge on any atom is 0.248 e. The largest absolute Gasteiger partial charge is 0.394 e. The van der Waals surface area contributed by atoms with Crippen LogP contribution >= 0.6 is 0 Å². The topological polar surface area (TPSA) is 337 Å². The van der Waals surface area contributed by atoms with Crippen LogP contribution in [0.2, 0.25) is 0 Å². The minimum absolute atomic E-state index is 0.0163. The van der Waals surface area contributed by atoms with E-state index in [-0.39, 0.29) is 62.5 Å². The lowest BCUT2D eigenvalue weighted by molar-refractivity contribution is -0.143. The Labute approximate surface area is 346 Å². The number of carbonyl (C=O) groups is 8. The molecule has 1 aliphatic heterocycles. The molecule has 8 amide bonds. The zero-order chi connectivity index (χ0) is 44.2. The van der Waals surface area contributed by atoms with E-state index in [1.54, 1.807) is 0 Å². The molecule has 1 aliphatic carbocycles. The third-order valence-electron chi connectivity index (χ3n) is 10.5. The van der Waals surface area contributed by atoms with Crippen LogP contribution in [-0.4, -0.2) is 119 Å². The summed E-state index contributed by atoms with van der Waals surface area (Å²) >= 11 is 0. The number of carbonyl (C=O) groups excluding carboxylic acids is 8. The van der Waals surface area contributed by atoms with Gasteiger partial charge in [0, 0.05) is 19.5 Å². The quantitative estimate of drug-likeness (QED) is 0.0280. The lowest BCUT2D eigenvalue weighted by atomic mass is 9.86. The number of aliphatic imine (C=N–C) groups is 1. The number of aliphatic hydroxyl groups is 1. The minimum atomic E-state index is -1.49. The van der Waals surface area contributed by atoms with Crippen LogP contribution in [-0.2, 0) is 38.4 Å². The number of nitrogens with two attached hydrogens (primary N) is 4. The molecule has 20 heteroatoms. The summed E-state index contributed by atoms with van der Waals surface area (Å²) < 4.78 is 0. The van der Waals surface area contributed by atoms with Crippen molar-refractivity contribution in [1.29, 1.82) is 0 Å². The molecular weight excluding hydrogens is 766 g/mol. The van der Waals surface area contributed by atoms with Gasteiger partial charge in [-0.05, 0) is 62.7 Å². The number of aliphatic hydroxyl groups excluding tert-OH is 1. The van der Waals surface area contributed by atoms with Crippen molar-refractivity contribution >= 4 is 53.2 Å². The predicted octanol–water partition coefficient (Wildman–Crippen LogP) is -1.74. The Hall–Kier alpha value is -5.01. The van der Waals surface area contributed by atoms with Gasteiger partial charge in [0.1, 0.15) is 36.3 Å². The number of hydrogen-bond acceptors (Lipinski definition) is 10. The standard InChI is InChI=1S/C39H69N11O9/c1-22(2)18-27(45-32(53)15-14-24-10-6-5-7-11-24)35(56)48-28(19-23(3)4)36(57)49-29(21-51)38(59)50-17-9-13-30(50)37(58)46-25(12-8-16-44-39(42)43)34(55)47-26(33(41)54)20-31(40)52/h22-30,51H,5-21H2,1-4H3,(H2,40,52)(H2,41,54)(H,45,53)(H,46,58)(H,47,55)(H,48,56)(H,49,57)(H4,42,43,44)/t25-,26-,27-,28-,29-,30-/m0/s1. The van der Waals surface area contributed by atoms with Crippen LogP contribution < -0.4 is 49.5 Å². The summed E-state index contributed by atoms with van der Waals surface area (Å²) in [4.78, 5) is 110. The molecule has 0 radical (unpaired) electrons. The molecule has 59 heavy (non-hydrogen) atoms. The molecule has 1 heterocycles. The van der Waals surface area contributed by atoms with Crippen LogP contribution in [0.1, 0.15) is 118 Å². The fourth-order valence-electron chi connectivity index (χ4n) is 7.45. The van der Waals surface area contributed by atoms with Crippen molar-refractivity contribution in [2.75, 3.05) is 19.7 Å². The Morgan fingerprint density at radius 3 is 1.80 bits per heavy atom. The molecule has 2 aliphatic rings. The maximum atomic E-state index is 13.9. The number of likely N-dealkylation sites (tertiary alicyclic amines) is 1. The Bertz CT molecular complexity index is 1480. The average molecular weight is 836 g/mol. The van der Waals surface area contributed by atoms with Gasteiger partial charge in [-0.3, -0.25) is 43.3 Å². The summed E-state index contributed by atoms with van der Waals surface area (Å²) in [5.41, 5.74) is 21.3. The normalized spacial score (nSPS) is 18.2. The molecule has 2 fully saturated rings. The highest BCUT2D eigenvalue weighted by molar-refractivity contribution is 5.97. The summed E-state index contributed by atoms with van der Waals surface area (Å²) in [5, 5.41) is 23.4. The van der Waals surface area contributed by atoms with E-state index in [4.69, 9.17) is 22.9 Å². The van der Waals surface area contributed by atoms with Gasteiger partial charge < -0.3 is 59.5 Å². The van der Waals surface area contributed by atoms with Crippen LogP contribution in [0, 0.1) is 17.8 Å². The molecule has 14 N–H and O–H groups in total. The monoisotopic (exact) mass is 836 g/mol. The first-order chi connectivity index (χ1) is 27.8. The number of nitrogens with zero attached hydrogens (tertiary/aromatic N) is 2. The van der Waals surface area contributed by atoms with E-state index in [0.717, 1.165) is 32.1 Å². The molecule has 1 saturated heterocycles. The zero-order valence-corrected chi connectivity index (χ0v) is 35.1. The van der Waals surface area contributed by atoms with E-state index >= 15 is 0 Å². The van der Waals surface area contributed by atoms with Gasteiger partial charge in [0.25, 0.3) is 0 Å². The molecule has 20 nitrogen and oxygen atoms in total. The number of guanidine groups is 1. The SMILES string of the molecule is CC(C)C[C@H](NC(=O)CCC1CCCCC1)C(=O)N[C@@H](CC(C)C)C(=O)N[C@@H](CO)C(=O)N1CCC[C@H]1C(=O)N[C@@H](CCCN=C(N)N)C(=O)N[C@@H](CC(N)=O)C(N)=O. The summed E-state index contributed by atoms with van der Waals surface area (Å²) in [6, 6.07) is -7.33. The van der Waals surface area contributed by atoms with E-state index in [1.165, 1.54) is 11.3 Å². The number of nitrogens with one attached hydrogen (secondary N) is 5. The van der Waals surface area contributed by atoms with Gasteiger partial charge in [-0.1, -0.05) is 59.8 Å². The first-order valence-electron chi connectivity index (χ1n) is 20.9. The minimum Gasteiger partial charge on any atom is -0.394 e.